The fourth-order valence-corrected chi connectivity index (χ4v) is 2.61. The van der Waals surface area contributed by atoms with Gasteiger partial charge in [0.15, 0.2) is 0 Å². The third-order valence-electron chi connectivity index (χ3n) is 3.79. The molecule has 20 heavy (non-hydrogen) atoms. The van der Waals surface area contributed by atoms with Crippen molar-refractivity contribution in [1.29, 1.82) is 0 Å². The number of carbonyl (C=O) groups is 3. The van der Waals surface area contributed by atoms with Gasteiger partial charge in [0.25, 0.3) is 11.7 Å². The van der Waals surface area contributed by atoms with Crippen molar-refractivity contribution in [2.45, 2.75) is 6.92 Å². The summed E-state index contributed by atoms with van der Waals surface area (Å²) in [5, 5.41) is 2.57. The Hall–Kier alpha value is -2.37. The van der Waals surface area contributed by atoms with Gasteiger partial charge in [-0.25, -0.2) is 0 Å². The molecule has 0 aliphatic carbocycles. The second kappa shape index (κ2) is 4.63. The van der Waals surface area contributed by atoms with Gasteiger partial charge in [-0.2, -0.15) is 0 Å². The maximum atomic E-state index is 11.5. The predicted molar refractivity (Wildman–Crippen MR) is 73.9 cm³/mol. The molecule has 2 aliphatic rings. The van der Waals surface area contributed by atoms with Gasteiger partial charge in [0.05, 0.1) is 11.3 Å². The molecule has 0 radical (unpaired) electrons. The number of amides is 2. The number of fused-ring (bicyclic) bond motifs is 1. The van der Waals surface area contributed by atoms with Crippen LogP contribution < -0.4 is 10.2 Å². The Morgan fingerprint density at radius 3 is 2.50 bits per heavy atom. The summed E-state index contributed by atoms with van der Waals surface area (Å²) in [7, 11) is 0. The van der Waals surface area contributed by atoms with Crippen LogP contribution in [0.2, 0.25) is 0 Å². The first-order valence-corrected chi connectivity index (χ1v) is 6.56. The minimum Gasteiger partial charge on any atom is -0.368 e. The highest BCUT2D eigenvalue weighted by molar-refractivity contribution is 6.51. The summed E-state index contributed by atoms with van der Waals surface area (Å²) in [6, 6.07) is 5.35. The van der Waals surface area contributed by atoms with Crippen molar-refractivity contribution >= 4 is 29.0 Å². The van der Waals surface area contributed by atoms with E-state index in [2.05, 4.69) is 10.2 Å². The van der Waals surface area contributed by atoms with Crippen LogP contribution in [0.15, 0.2) is 18.2 Å². The highest BCUT2D eigenvalue weighted by Gasteiger charge is 2.28. The van der Waals surface area contributed by atoms with E-state index in [1.54, 1.807) is 13.0 Å². The van der Waals surface area contributed by atoms with Crippen molar-refractivity contribution in [1.82, 2.24) is 4.90 Å². The molecule has 1 saturated heterocycles. The van der Waals surface area contributed by atoms with E-state index >= 15 is 0 Å². The molecule has 0 saturated carbocycles. The monoisotopic (exact) mass is 273 g/mol. The van der Waals surface area contributed by atoms with Crippen LogP contribution in [0.4, 0.5) is 11.4 Å². The van der Waals surface area contributed by atoms with Crippen molar-refractivity contribution in [3.05, 3.63) is 23.8 Å². The highest BCUT2D eigenvalue weighted by Crippen LogP contribution is 2.28. The van der Waals surface area contributed by atoms with E-state index in [1.807, 2.05) is 17.0 Å². The maximum absolute atomic E-state index is 11.5. The summed E-state index contributed by atoms with van der Waals surface area (Å²) >= 11 is 0. The van der Waals surface area contributed by atoms with E-state index in [0.717, 1.165) is 18.8 Å². The van der Waals surface area contributed by atoms with E-state index < -0.39 is 11.7 Å². The van der Waals surface area contributed by atoms with Crippen molar-refractivity contribution in [3.63, 3.8) is 0 Å². The quantitative estimate of drug-likeness (QED) is 0.756. The molecule has 0 spiro atoms. The van der Waals surface area contributed by atoms with Crippen LogP contribution >= 0.6 is 0 Å². The minimum atomic E-state index is -0.571. The van der Waals surface area contributed by atoms with Crippen LogP contribution in [-0.4, -0.2) is 48.7 Å². The molecule has 0 unspecified atom stereocenters. The van der Waals surface area contributed by atoms with E-state index in [9.17, 15) is 14.4 Å². The van der Waals surface area contributed by atoms with Gasteiger partial charge in [0, 0.05) is 38.8 Å². The van der Waals surface area contributed by atoms with Crippen LogP contribution in [0.1, 0.15) is 17.3 Å². The lowest BCUT2D eigenvalue weighted by Gasteiger charge is -2.35. The zero-order valence-corrected chi connectivity index (χ0v) is 11.2. The smallest absolute Gasteiger partial charge is 0.296 e. The summed E-state index contributed by atoms with van der Waals surface area (Å²) in [5.41, 5.74) is 1.97. The number of anilines is 2. The molecule has 2 amide bonds. The van der Waals surface area contributed by atoms with E-state index in [0.29, 0.717) is 24.3 Å². The van der Waals surface area contributed by atoms with Crippen molar-refractivity contribution < 1.29 is 14.4 Å². The Bertz CT molecular complexity index is 604. The fraction of sp³-hybridized carbons (Fsp3) is 0.357. The molecule has 1 aromatic rings. The fourth-order valence-electron chi connectivity index (χ4n) is 2.61. The molecule has 2 aliphatic heterocycles. The zero-order valence-electron chi connectivity index (χ0n) is 11.2. The number of benzene rings is 1. The van der Waals surface area contributed by atoms with Gasteiger partial charge < -0.3 is 15.1 Å². The van der Waals surface area contributed by atoms with Gasteiger partial charge >= 0.3 is 0 Å². The standard InChI is InChI=1S/C14H15N3O3/c1-9(18)16-4-6-17(7-5-16)10-2-3-11-12(8-10)15-14(20)13(11)19/h2-3,8H,4-7H2,1H3,(H,15,19,20). The zero-order chi connectivity index (χ0) is 14.3. The number of hydrogen-bond donors (Lipinski definition) is 1. The van der Waals surface area contributed by atoms with Crippen LogP contribution in [0, 0.1) is 0 Å². The summed E-state index contributed by atoms with van der Waals surface area (Å²) in [5.74, 6) is -0.956. The Balaban J connectivity index is 1.77. The highest BCUT2D eigenvalue weighted by atomic mass is 16.2. The Morgan fingerprint density at radius 1 is 1.15 bits per heavy atom. The Labute approximate surface area is 116 Å². The topological polar surface area (TPSA) is 69.7 Å². The van der Waals surface area contributed by atoms with Crippen molar-refractivity contribution in [2.75, 3.05) is 36.4 Å². The van der Waals surface area contributed by atoms with E-state index in [4.69, 9.17) is 0 Å². The van der Waals surface area contributed by atoms with E-state index in [1.165, 1.54) is 0 Å². The normalized spacial score (nSPS) is 18.1. The number of nitrogens with zero attached hydrogens (tertiary/aromatic N) is 2. The van der Waals surface area contributed by atoms with Crippen LogP contribution in [0.25, 0.3) is 0 Å². The molecule has 1 fully saturated rings. The van der Waals surface area contributed by atoms with Crippen molar-refractivity contribution in [3.8, 4) is 0 Å². The molecule has 104 valence electrons. The number of Topliss-reactive ketones (excluding diaryl/α,β-unsaturated/α-hetero) is 1. The van der Waals surface area contributed by atoms with Gasteiger partial charge in [-0.1, -0.05) is 0 Å². The minimum absolute atomic E-state index is 0.0939. The molecule has 0 atom stereocenters. The van der Waals surface area contributed by atoms with Gasteiger partial charge in [0.2, 0.25) is 5.91 Å². The van der Waals surface area contributed by atoms with E-state index in [-0.39, 0.29) is 5.91 Å². The van der Waals surface area contributed by atoms with Gasteiger partial charge in [-0.05, 0) is 18.2 Å². The number of carbonyl (C=O) groups excluding carboxylic acids is 3. The molecule has 1 aromatic carbocycles. The lowest BCUT2D eigenvalue weighted by molar-refractivity contribution is -0.129. The average molecular weight is 273 g/mol. The largest absolute Gasteiger partial charge is 0.368 e. The predicted octanol–water partition coefficient (Wildman–Crippen LogP) is 0.490. The van der Waals surface area contributed by atoms with Crippen LogP contribution in [0.5, 0.6) is 0 Å². The van der Waals surface area contributed by atoms with Crippen LogP contribution in [-0.2, 0) is 9.59 Å². The first kappa shape index (κ1) is 12.7. The second-order valence-electron chi connectivity index (χ2n) is 5.01. The number of piperazine rings is 1. The molecular formula is C14H15N3O3. The lowest BCUT2D eigenvalue weighted by atomic mass is 10.1. The third kappa shape index (κ3) is 2.03. The summed E-state index contributed by atoms with van der Waals surface area (Å²) in [4.78, 5) is 38.1. The number of ketones is 1. The first-order valence-electron chi connectivity index (χ1n) is 6.56. The first-order chi connectivity index (χ1) is 9.56. The van der Waals surface area contributed by atoms with Gasteiger partial charge in [-0.3, -0.25) is 14.4 Å². The molecule has 6 nitrogen and oxygen atoms in total. The number of rotatable bonds is 1. The second-order valence-corrected chi connectivity index (χ2v) is 5.01. The number of hydrogen-bond acceptors (Lipinski definition) is 4. The third-order valence-corrected chi connectivity index (χ3v) is 3.79. The summed E-state index contributed by atoms with van der Waals surface area (Å²) in [6.07, 6.45) is 0. The van der Waals surface area contributed by atoms with Gasteiger partial charge in [0.1, 0.15) is 0 Å². The Kier molecular flexibility index (Phi) is 2.93. The van der Waals surface area contributed by atoms with Crippen molar-refractivity contribution in [2.24, 2.45) is 0 Å². The summed E-state index contributed by atoms with van der Waals surface area (Å²) in [6.45, 7) is 4.46. The summed E-state index contributed by atoms with van der Waals surface area (Å²) < 4.78 is 0. The molecule has 2 heterocycles. The molecule has 0 bridgehead atoms. The Morgan fingerprint density at radius 2 is 1.85 bits per heavy atom. The molecule has 1 N–H and O–H groups in total. The molecule has 0 aromatic heterocycles. The lowest BCUT2D eigenvalue weighted by Crippen LogP contribution is -2.48. The average Bonchev–Trinajstić information content (AvgIpc) is 2.74. The molecular weight excluding hydrogens is 258 g/mol. The van der Waals surface area contributed by atoms with Crippen LogP contribution in [0.3, 0.4) is 0 Å². The maximum Gasteiger partial charge on any atom is 0.296 e. The molecule has 3 rings (SSSR count). The SMILES string of the molecule is CC(=O)N1CCN(c2ccc3c(c2)NC(=O)C3=O)CC1. The number of nitrogens with one attached hydrogen (secondary N) is 1. The molecule has 6 heteroatoms. The van der Waals surface area contributed by atoms with Gasteiger partial charge in [-0.15, -0.1) is 0 Å².